The van der Waals surface area contributed by atoms with E-state index >= 15 is 0 Å². The Balaban J connectivity index is 1.78. The Morgan fingerprint density at radius 2 is 2.00 bits per heavy atom. The van der Waals surface area contributed by atoms with Crippen molar-refractivity contribution in [3.63, 3.8) is 0 Å². The van der Waals surface area contributed by atoms with Crippen molar-refractivity contribution in [2.75, 3.05) is 13.2 Å². The molecule has 0 radical (unpaired) electrons. The van der Waals surface area contributed by atoms with E-state index in [1.807, 2.05) is 30.3 Å². The van der Waals surface area contributed by atoms with Crippen molar-refractivity contribution in [2.45, 2.75) is 38.3 Å². The van der Waals surface area contributed by atoms with Crippen molar-refractivity contribution in [3.05, 3.63) is 35.9 Å². The standard InChI is InChI=1S/C15H21NO3/c17-11-5-4-10-16(14-8-9-14)15(18)19-12-13-6-2-1-3-7-13/h1-3,6-7,14,17H,4-5,8-12H2. The molecule has 1 saturated carbocycles. The molecule has 19 heavy (non-hydrogen) atoms. The molecule has 1 amide bonds. The summed E-state index contributed by atoms with van der Waals surface area (Å²) in [5.41, 5.74) is 1.00. The lowest BCUT2D eigenvalue weighted by atomic mass is 10.2. The number of amides is 1. The van der Waals surface area contributed by atoms with Gasteiger partial charge in [-0.15, -0.1) is 0 Å². The highest BCUT2D eigenvalue weighted by atomic mass is 16.6. The Morgan fingerprint density at radius 1 is 1.26 bits per heavy atom. The number of ether oxygens (including phenoxy) is 1. The first-order chi connectivity index (χ1) is 9.31. The van der Waals surface area contributed by atoms with Crippen molar-refractivity contribution >= 4 is 6.09 Å². The number of unbranched alkanes of at least 4 members (excludes halogenated alkanes) is 1. The summed E-state index contributed by atoms with van der Waals surface area (Å²) in [6.07, 6.45) is 3.46. The summed E-state index contributed by atoms with van der Waals surface area (Å²) in [6, 6.07) is 10.0. The molecule has 1 aliphatic rings. The smallest absolute Gasteiger partial charge is 0.410 e. The molecular weight excluding hydrogens is 242 g/mol. The van der Waals surface area contributed by atoms with Gasteiger partial charge in [0.2, 0.25) is 0 Å². The van der Waals surface area contributed by atoms with E-state index in [-0.39, 0.29) is 12.7 Å². The maximum Gasteiger partial charge on any atom is 0.410 e. The third kappa shape index (κ3) is 4.56. The van der Waals surface area contributed by atoms with E-state index in [2.05, 4.69) is 0 Å². The molecular formula is C15H21NO3. The number of nitrogens with zero attached hydrogens (tertiary/aromatic N) is 1. The quantitative estimate of drug-likeness (QED) is 0.769. The number of carbonyl (C=O) groups is 1. The van der Waals surface area contributed by atoms with Crippen LogP contribution in [0.3, 0.4) is 0 Å². The second kappa shape index (κ2) is 7.14. The van der Waals surface area contributed by atoms with Crippen molar-refractivity contribution < 1.29 is 14.6 Å². The fourth-order valence-electron chi connectivity index (χ4n) is 2.01. The Hall–Kier alpha value is -1.55. The van der Waals surface area contributed by atoms with Crippen molar-refractivity contribution in [1.29, 1.82) is 0 Å². The van der Waals surface area contributed by atoms with E-state index in [0.29, 0.717) is 19.2 Å². The molecule has 1 aliphatic carbocycles. The first-order valence-electron chi connectivity index (χ1n) is 6.89. The van der Waals surface area contributed by atoms with Gasteiger partial charge >= 0.3 is 6.09 Å². The van der Waals surface area contributed by atoms with E-state index in [0.717, 1.165) is 31.2 Å². The fourth-order valence-corrected chi connectivity index (χ4v) is 2.01. The third-order valence-electron chi connectivity index (χ3n) is 3.23. The predicted octanol–water partition coefficient (Wildman–Crippen LogP) is 2.56. The van der Waals surface area contributed by atoms with E-state index in [4.69, 9.17) is 9.84 Å². The average molecular weight is 263 g/mol. The Bertz CT molecular complexity index is 390. The van der Waals surface area contributed by atoms with E-state index in [1.165, 1.54) is 0 Å². The molecule has 0 unspecified atom stereocenters. The monoisotopic (exact) mass is 263 g/mol. The Morgan fingerprint density at radius 3 is 2.63 bits per heavy atom. The number of rotatable bonds is 7. The molecule has 0 aromatic heterocycles. The second-order valence-electron chi connectivity index (χ2n) is 4.90. The summed E-state index contributed by atoms with van der Waals surface area (Å²) >= 11 is 0. The first-order valence-corrected chi connectivity index (χ1v) is 6.89. The molecule has 2 rings (SSSR count). The van der Waals surface area contributed by atoms with Crippen molar-refractivity contribution in [1.82, 2.24) is 4.90 Å². The minimum atomic E-state index is -0.232. The lowest BCUT2D eigenvalue weighted by Gasteiger charge is -2.21. The van der Waals surface area contributed by atoms with Crippen LogP contribution < -0.4 is 0 Å². The van der Waals surface area contributed by atoms with Crippen LogP contribution in [0.4, 0.5) is 4.79 Å². The molecule has 104 valence electrons. The molecule has 0 spiro atoms. The van der Waals surface area contributed by atoms with Crippen molar-refractivity contribution in [2.24, 2.45) is 0 Å². The summed E-state index contributed by atoms with van der Waals surface area (Å²) in [6.45, 7) is 1.18. The normalized spacial score (nSPS) is 14.2. The zero-order chi connectivity index (χ0) is 13.5. The fraction of sp³-hybridized carbons (Fsp3) is 0.533. The first kappa shape index (κ1) is 13.9. The number of aliphatic hydroxyl groups excluding tert-OH is 1. The van der Waals surface area contributed by atoms with Gasteiger partial charge in [0.25, 0.3) is 0 Å². The highest BCUT2D eigenvalue weighted by Gasteiger charge is 2.33. The number of hydrogen-bond acceptors (Lipinski definition) is 3. The van der Waals surface area contributed by atoms with Crippen molar-refractivity contribution in [3.8, 4) is 0 Å². The van der Waals surface area contributed by atoms with Crippen LogP contribution in [0.1, 0.15) is 31.2 Å². The zero-order valence-electron chi connectivity index (χ0n) is 11.1. The van der Waals surface area contributed by atoms with Gasteiger partial charge in [-0.05, 0) is 31.2 Å². The van der Waals surface area contributed by atoms with Crippen LogP contribution in [-0.4, -0.2) is 35.3 Å². The molecule has 1 fully saturated rings. The molecule has 1 N–H and O–H groups in total. The maximum absolute atomic E-state index is 12.0. The predicted molar refractivity (Wildman–Crippen MR) is 72.7 cm³/mol. The molecule has 1 aromatic carbocycles. The molecule has 4 nitrogen and oxygen atoms in total. The van der Waals surface area contributed by atoms with Gasteiger partial charge in [-0.2, -0.15) is 0 Å². The molecule has 0 atom stereocenters. The van der Waals surface area contributed by atoms with Gasteiger partial charge in [0.15, 0.2) is 0 Å². The van der Waals surface area contributed by atoms with Gasteiger partial charge in [-0.25, -0.2) is 4.79 Å². The van der Waals surface area contributed by atoms with Crippen LogP contribution in [0.25, 0.3) is 0 Å². The topological polar surface area (TPSA) is 49.8 Å². The van der Waals surface area contributed by atoms with Crippen LogP contribution in [0.5, 0.6) is 0 Å². The molecule has 1 aromatic rings. The van der Waals surface area contributed by atoms with Crippen LogP contribution >= 0.6 is 0 Å². The largest absolute Gasteiger partial charge is 0.445 e. The highest BCUT2D eigenvalue weighted by Crippen LogP contribution is 2.27. The average Bonchev–Trinajstić information content (AvgIpc) is 3.27. The SMILES string of the molecule is O=C(OCc1ccccc1)N(CCCCO)C1CC1. The molecule has 0 aliphatic heterocycles. The molecule has 0 heterocycles. The molecule has 0 saturated heterocycles. The Labute approximate surface area is 114 Å². The maximum atomic E-state index is 12.0. The lowest BCUT2D eigenvalue weighted by molar-refractivity contribution is 0.0922. The number of carbonyl (C=O) groups excluding carboxylic acids is 1. The van der Waals surface area contributed by atoms with Gasteiger partial charge in [0.1, 0.15) is 6.61 Å². The summed E-state index contributed by atoms with van der Waals surface area (Å²) in [5, 5.41) is 8.79. The van der Waals surface area contributed by atoms with Gasteiger partial charge < -0.3 is 14.7 Å². The van der Waals surface area contributed by atoms with Gasteiger partial charge in [-0.3, -0.25) is 0 Å². The summed E-state index contributed by atoms with van der Waals surface area (Å²) < 4.78 is 5.35. The van der Waals surface area contributed by atoms with E-state index < -0.39 is 0 Å². The number of hydrogen-bond donors (Lipinski definition) is 1. The minimum Gasteiger partial charge on any atom is -0.445 e. The van der Waals surface area contributed by atoms with Gasteiger partial charge in [-0.1, -0.05) is 30.3 Å². The van der Waals surface area contributed by atoms with Crippen LogP contribution in [-0.2, 0) is 11.3 Å². The van der Waals surface area contributed by atoms with Gasteiger partial charge in [0, 0.05) is 19.2 Å². The minimum absolute atomic E-state index is 0.178. The zero-order valence-corrected chi connectivity index (χ0v) is 11.1. The van der Waals surface area contributed by atoms with Gasteiger partial charge in [0.05, 0.1) is 0 Å². The number of benzene rings is 1. The van der Waals surface area contributed by atoms with Crippen LogP contribution in [0.2, 0.25) is 0 Å². The molecule has 4 heteroatoms. The lowest BCUT2D eigenvalue weighted by Crippen LogP contribution is -2.34. The van der Waals surface area contributed by atoms with Crippen LogP contribution in [0.15, 0.2) is 30.3 Å². The summed E-state index contributed by atoms with van der Waals surface area (Å²) in [4.78, 5) is 13.8. The molecule has 0 bridgehead atoms. The highest BCUT2D eigenvalue weighted by molar-refractivity contribution is 5.68. The summed E-state index contributed by atoms with van der Waals surface area (Å²) in [5.74, 6) is 0. The third-order valence-corrected chi connectivity index (χ3v) is 3.23. The van der Waals surface area contributed by atoms with E-state index in [9.17, 15) is 4.79 Å². The summed E-state index contributed by atoms with van der Waals surface area (Å²) in [7, 11) is 0. The van der Waals surface area contributed by atoms with Crippen LogP contribution in [0, 0.1) is 0 Å². The Kier molecular flexibility index (Phi) is 5.21. The van der Waals surface area contributed by atoms with E-state index in [1.54, 1.807) is 4.90 Å². The second-order valence-corrected chi connectivity index (χ2v) is 4.90. The number of aliphatic hydroxyl groups is 1.